The summed E-state index contributed by atoms with van der Waals surface area (Å²) in [6.07, 6.45) is 3.17. The van der Waals surface area contributed by atoms with Crippen LogP contribution >= 0.6 is 0 Å². The molecule has 0 fully saturated rings. The third-order valence-electron chi connectivity index (χ3n) is 2.24. The number of aromatic nitrogens is 2. The lowest BCUT2D eigenvalue weighted by atomic mass is 10.1. The normalized spacial score (nSPS) is 11.5. The second-order valence-electron chi connectivity index (χ2n) is 4.11. The van der Waals surface area contributed by atoms with Gasteiger partial charge in [-0.15, -0.1) is 0 Å². The van der Waals surface area contributed by atoms with Crippen LogP contribution in [0.15, 0.2) is 12.4 Å². The lowest BCUT2D eigenvalue weighted by Gasteiger charge is -2.22. The average Bonchev–Trinajstić information content (AvgIpc) is 2.66. The molecule has 0 aliphatic heterocycles. The van der Waals surface area contributed by atoms with Gasteiger partial charge in [0.1, 0.15) is 0 Å². The van der Waals surface area contributed by atoms with Crippen LogP contribution in [0.4, 0.5) is 0 Å². The van der Waals surface area contributed by atoms with Gasteiger partial charge in [0.2, 0.25) is 0 Å². The number of esters is 1. The smallest absolute Gasteiger partial charge is 0.341 e. The van der Waals surface area contributed by atoms with Gasteiger partial charge in [0.25, 0.3) is 0 Å². The summed E-state index contributed by atoms with van der Waals surface area (Å²) in [7, 11) is 1.65. The zero-order valence-corrected chi connectivity index (χ0v) is 10.2. The summed E-state index contributed by atoms with van der Waals surface area (Å²) in [6, 6.07) is 0. The lowest BCUT2D eigenvalue weighted by Crippen LogP contribution is -2.29. The molecule has 0 aliphatic rings. The molecule has 0 N–H and O–H groups in total. The van der Waals surface area contributed by atoms with E-state index in [-0.39, 0.29) is 11.6 Å². The van der Waals surface area contributed by atoms with E-state index in [1.807, 2.05) is 13.8 Å². The molecule has 1 aromatic heterocycles. The van der Waals surface area contributed by atoms with E-state index in [0.29, 0.717) is 18.7 Å². The molecule has 0 bridgehead atoms. The quantitative estimate of drug-likeness (QED) is 0.714. The third-order valence-corrected chi connectivity index (χ3v) is 2.24. The Morgan fingerprint density at radius 1 is 1.56 bits per heavy atom. The predicted octanol–water partition coefficient (Wildman–Crippen LogP) is 1.48. The molecular weight excluding hydrogens is 208 g/mol. The Hall–Kier alpha value is -1.36. The van der Waals surface area contributed by atoms with Crippen LogP contribution in [0, 0.1) is 0 Å². The monoisotopic (exact) mass is 226 g/mol. The molecule has 90 valence electrons. The van der Waals surface area contributed by atoms with Crippen molar-refractivity contribution < 1.29 is 14.3 Å². The van der Waals surface area contributed by atoms with Gasteiger partial charge in [-0.3, -0.25) is 4.68 Å². The van der Waals surface area contributed by atoms with E-state index in [1.54, 1.807) is 24.9 Å². The molecule has 0 radical (unpaired) electrons. The Balaban J connectivity index is 2.68. The third kappa shape index (κ3) is 3.34. The Kier molecular flexibility index (Phi) is 4.06. The summed E-state index contributed by atoms with van der Waals surface area (Å²) in [4.78, 5) is 11.4. The molecule has 0 aliphatic carbocycles. The maximum absolute atomic E-state index is 11.4. The van der Waals surface area contributed by atoms with E-state index >= 15 is 0 Å². The first-order valence-corrected chi connectivity index (χ1v) is 5.23. The van der Waals surface area contributed by atoms with Crippen molar-refractivity contribution in [3.63, 3.8) is 0 Å². The van der Waals surface area contributed by atoms with Crippen LogP contribution < -0.4 is 0 Å². The number of hydrogen-bond acceptors (Lipinski definition) is 4. The highest BCUT2D eigenvalue weighted by atomic mass is 16.5. The number of methoxy groups -OCH3 is 1. The molecular formula is C11H18N2O3. The van der Waals surface area contributed by atoms with Crippen molar-refractivity contribution in [2.45, 2.75) is 32.9 Å². The van der Waals surface area contributed by atoms with E-state index in [2.05, 4.69) is 5.10 Å². The first kappa shape index (κ1) is 12.7. The van der Waals surface area contributed by atoms with Gasteiger partial charge in [0.15, 0.2) is 0 Å². The van der Waals surface area contributed by atoms with Crippen LogP contribution in [-0.2, 0) is 16.0 Å². The molecule has 5 nitrogen and oxygen atoms in total. The molecule has 1 heterocycles. The van der Waals surface area contributed by atoms with Gasteiger partial charge in [-0.1, -0.05) is 0 Å². The van der Waals surface area contributed by atoms with E-state index in [1.165, 1.54) is 6.20 Å². The summed E-state index contributed by atoms with van der Waals surface area (Å²) < 4.78 is 11.8. The first-order valence-electron chi connectivity index (χ1n) is 5.23. The highest BCUT2D eigenvalue weighted by molar-refractivity contribution is 5.88. The highest BCUT2D eigenvalue weighted by Crippen LogP contribution is 2.11. The second-order valence-corrected chi connectivity index (χ2v) is 4.11. The fourth-order valence-electron chi connectivity index (χ4n) is 1.22. The predicted molar refractivity (Wildman–Crippen MR) is 59.3 cm³/mol. The topological polar surface area (TPSA) is 53.3 Å². The van der Waals surface area contributed by atoms with Gasteiger partial charge in [0, 0.05) is 13.3 Å². The number of nitrogens with zero attached hydrogens (tertiary/aromatic N) is 2. The molecule has 0 amide bonds. The average molecular weight is 226 g/mol. The van der Waals surface area contributed by atoms with Crippen LogP contribution in [0.3, 0.4) is 0 Å². The molecule has 0 aromatic carbocycles. The summed E-state index contributed by atoms with van der Waals surface area (Å²) >= 11 is 0. The minimum absolute atomic E-state index is 0.308. The molecule has 0 saturated heterocycles. The standard InChI is InChI=1S/C11H18N2O3/c1-5-16-10(14)9-6-12-13(7-9)8-11(2,3)15-4/h6-7H,5,8H2,1-4H3. The van der Waals surface area contributed by atoms with Gasteiger partial charge in [-0.2, -0.15) is 5.10 Å². The van der Waals surface area contributed by atoms with E-state index < -0.39 is 0 Å². The molecule has 5 heteroatoms. The lowest BCUT2D eigenvalue weighted by molar-refractivity contribution is 0.00534. The summed E-state index contributed by atoms with van der Waals surface area (Å²) in [5, 5.41) is 4.09. The van der Waals surface area contributed by atoms with Crippen LogP contribution in [0.5, 0.6) is 0 Å². The van der Waals surface area contributed by atoms with Crippen LogP contribution in [0.25, 0.3) is 0 Å². The van der Waals surface area contributed by atoms with E-state index in [0.717, 1.165) is 0 Å². The Labute approximate surface area is 95.3 Å². The fraction of sp³-hybridized carbons (Fsp3) is 0.636. The SMILES string of the molecule is CCOC(=O)c1cnn(CC(C)(C)OC)c1. The number of rotatable bonds is 5. The Morgan fingerprint density at radius 2 is 2.25 bits per heavy atom. The van der Waals surface area contributed by atoms with Crippen molar-refractivity contribution in [3.05, 3.63) is 18.0 Å². The van der Waals surface area contributed by atoms with Crippen molar-refractivity contribution in [3.8, 4) is 0 Å². The molecule has 0 spiro atoms. The molecule has 16 heavy (non-hydrogen) atoms. The maximum Gasteiger partial charge on any atom is 0.341 e. The molecule has 1 rings (SSSR count). The Bertz CT molecular complexity index is 358. The minimum atomic E-state index is -0.344. The minimum Gasteiger partial charge on any atom is -0.462 e. The second kappa shape index (κ2) is 5.12. The number of carbonyl (C=O) groups is 1. The van der Waals surface area contributed by atoms with Crippen molar-refractivity contribution >= 4 is 5.97 Å². The summed E-state index contributed by atoms with van der Waals surface area (Å²) in [5.41, 5.74) is 0.159. The van der Waals surface area contributed by atoms with Crippen molar-refractivity contribution in [1.82, 2.24) is 9.78 Å². The van der Waals surface area contributed by atoms with Gasteiger partial charge in [-0.25, -0.2) is 4.79 Å². The summed E-state index contributed by atoms with van der Waals surface area (Å²) in [6.45, 7) is 6.64. The van der Waals surface area contributed by atoms with Crippen LogP contribution in [0.2, 0.25) is 0 Å². The van der Waals surface area contributed by atoms with Crippen LogP contribution in [-0.4, -0.2) is 35.1 Å². The van der Waals surface area contributed by atoms with E-state index in [4.69, 9.17) is 9.47 Å². The zero-order valence-electron chi connectivity index (χ0n) is 10.2. The number of carbonyl (C=O) groups excluding carboxylic acids is 1. The zero-order chi connectivity index (χ0) is 12.2. The Morgan fingerprint density at radius 3 is 2.81 bits per heavy atom. The summed E-state index contributed by atoms with van der Waals surface area (Å²) in [5.74, 6) is -0.344. The van der Waals surface area contributed by atoms with Crippen molar-refractivity contribution in [1.29, 1.82) is 0 Å². The number of hydrogen-bond donors (Lipinski definition) is 0. The maximum atomic E-state index is 11.4. The first-order chi connectivity index (χ1) is 7.48. The number of ether oxygens (including phenoxy) is 2. The van der Waals surface area contributed by atoms with Gasteiger partial charge < -0.3 is 9.47 Å². The molecule has 0 saturated carbocycles. The van der Waals surface area contributed by atoms with Crippen molar-refractivity contribution in [2.24, 2.45) is 0 Å². The van der Waals surface area contributed by atoms with E-state index in [9.17, 15) is 4.79 Å². The molecule has 0 unspecified atom stereocenters. The van der Waals surface area contributed by atoms with Gasteiger partial charge in [0.05, 0.1) is 30.5 Å². The largest absolute Gasteiger partial charge is 0.462 e. The molecule has 0 atom stereocenters. The molecule has 1 aromatic rings. The van der Waals surface area contributed by atoms with Gasteiger partial charge in [-0.05, 0) is 20.8 Å². The highest BCUT2D eigenvalue weighted by Gasteiger charge is 2.18. The fourth-order valence-corrected chi connectivity index (χ4v) is 1.22. The van der Waals surface area contributed by atoms with Crippen LogP contribution in [0.1, 0.15) is 31.1 Å². The van der Waals surface area contributed by atoms with Gasteiger partial charge >= 0.3 is 5.97 Å². The van der Waals surface area contributed by atoms with Crippen molar-refractivity contribution in [2.75, 3.05) is 13.7 Å².